The maximum Gasteiger partial charge on any atom is 0.234 e. The molecule has 0 spiro atoms. The van der Waals surface area contributed by atoms with Crippen LogP contribution < -0.4 is 5.32 Å². The summed E-state index contributed by atoms with van der Waals surface area (Å²) < 4.78 is 1.95. The van der Waals surface area contributed by atoms with Crippen molar-refractivity contribution in [3.63, 3.8) is 0 Å². The Hall–Kier alpha value is -3.01. The third kappa shape index (κ3) is 3.62. The Morgan fingerprint density at radius 2 is 1.97 bits per heavy atom. The van der Waals surface area contributed by atoms with Gasteiger partial charge in [-0.1, -0.05) is 41.6 Å². The highest BCUT2D eigenvalue weighted by Crippen LogP contribution is 2.30. The summed E-state index contributed by atoms with van der Waals surface area (Å²) in [5, 5.41) is 13.9. The summed E-state index contributed by atoms with van der Waals surface area (Å²) in [5.74, 6) is 0.0600. The molecular weight excluding hydrogens is 416 g/mol. The smallest absolute Gasteiger partial charge is 0.234 e. The van der Waals surface area contributed by atoms with E-state index in [9.17, 15) is 10.1 Å². The molecule has 0 saturated heterocycles. The minimum atomic E-state index is -0.145. The summed E-state index contributed by atoms with van der Waals surface area (Å²) in [6.45, 7) is 5.78. The normalized spacial score (nSPS) is 11.0. The Bertz CT molecular complexity index is 1330. The van der Waals surface area contributed by atoms with Crippen LogP contribution in [0.3, 0.4) is 0 Å². The fourth-order valence-electron chi connectivity index (χ4n) is 3.55. The molecular formula is C23H19ClN4OS. The van der Waals surface area contributed by atoms with E-state index in [0.717, 1.165) is 32.7 Å². The number of pyridine rings is 1. The lowest BCUT2D eigenvalue weighted by atomic mass is 10.1. The minimum Gasteiger partial charge on any atom is -0.324 e. The van der Waals surface area contributed by atoms with Gasteiger partial charge in [0.25, 0.3) is 0 Å². The number of rotatable bonds is 4. The number of imidazole rings is 1. The van der Waals surface area contributed by atoms with E-state index in [4.69, 9.17) is 11.6 Å². The van der Waals surface area contributed by atoms with E-state index in [1.807, 2.05) is 67.6 Å². The van der Waals surface area contributed by atoms with Crippen molar-refractivity contribution in [1.82, 2.24) is 9.38 Å². The van der Waals surface area contributed by atoms with E-state index in [2.05, 4.69) is 16.4 Å². The first kappa shape index (κ1) is 20.3. The highest BCUT2D eigenvalue weighted by molar-refractivity contribution is 7.99. The van der Waals surface area contributed by atoms with Crippen LogP contribution in [0.4, 0.5) is 5.69 Å². The number of nitriles is 1. The van der Waals surface area contributed by atoms with Crippen LogP contribution in [-0.2, 0) is 4.79 Å². The number of halogens is 1. The Balaban J connectivity index is 1.66. The molecule has 7 heteroatoms. The third-order valence-electron chi connectivity index (χ3n) is 4.90. The zero-order valence-electron chi connectivity index (χ0n) is 16.8. The Labute approximate surface area is 183 Å². The van der Waals surface area contributed by atoms with Gasteiger partial charge in [-0.3, -0.25) is 9.20 Å². The van der Waals surface area contributed by atoms with E-state index >= 15 is 0 Å². The number of carbonyl (C=O) groups excluding carboxylic acids is 1. The topological polar surface area (TPSA) is 70.2 Å². The molecule has 30 heavy (non-hydrogen) atoms. The van der Waals surface area contributed by atoms with Crippen LogP contribution in [-0.4, -0.2) is 21.0 Å². The molecule has 2 heterocycles. The maximum atomic E-state index is 12.7. The largest absolute Gasteiger partial charge is 0.324 e. The second kappa shape index (κ2) is 8.02. The number of nitrogens with zero attached hydrogens (tertiary/aromatic N) is 3. The molecule has 4 rings (SSSR count). The number of carbonyl (C=O) groups is 1. The summed E-state index contributed by atoms with van der Waals surface area (Å²) >= 11 is 7.72. The number of fused-ring (bicyclic) bond motifs is 3. The van der Waals surface area contributed by atoms with Gasteiger partial charge in [0.2, 0.25) is 5.91 Å². The van der Waals surface area contributed by atoms with Gasteiger partial charge in [0.15, 0.2) is 5.65 Å². The molecule has 0 saturated carbocycles. The number of aryl methyl sites for hydroxylation is 3. The number of thioether (sulfide) groups is 1. The Kier molecular flexibility index (Phi) is 5.42. The number of hydrogen-bond acceptors (Lipinski definition) is 4. The monoisotopic (exact) mass is 434 g/mol. The van der Waals surface area contributed by atoms with E-state index in [1.165, 1.54) is 11.8 Å². The number of para-hydroxylation sites is 2. The summed E-state index contributed by atoms with van der Waals surface area (Å²) in [5.41, 5.74) is 6.32. The van der Waals surface area contributed by atoms with Gasteiger partial charge in [-0.05, 0) is 61.7 Å². The van der Waals surface area contributed by atoms with Gasteiger partial charge in [0, 0.05) is 0 Å². The zero-order valence-corrected chi connectivity index (χ0v) is 18.4. The molecule has 4 aromatic rings. The summed E-state index contributed by atoms with van der Waals surface area (Å²) in [7, 11) is 0. The van der Waals surface area contributed by atoms with Crippen LogP contribution in [0.25, 0.3) is 16.7 Å². The lowest BCUT2D eigenvalue weighted by Gasteiger charge is -2.13. The van der Waals surface area contributed by atoms with Crippen LogP contribution in [0.2, 0.25) is 5.02 Å². The maximum absolute atomic E-state index is 12.7. The number of aromatic nitrogens is 2. The van der Waals surface area contributed by atoms with Gasteiger partial charge in [-0.15, -0.1) is 0 Å². The van der Waals surface area contributed by atoms with Crippen LogP contribution in [0.15, 0.2) is 47.5 Å². The molecule has 1 amide bonds. The van der Waals surface area contributed by atoms with Crippen molar-refractivity contribution in [2.45, 2.75) is 25.8 Å². The SMILES string of the molecule is Cc1cc(C)c(NC(=O)CSc2cc(C)c(C#N)c3nc4ccccc4n23)c(Cl)c1. The first-order chi connectivity index (χ1) is 14.4. The molecule has 0 unspecified atom stereocenters. The summed E-state index contributed by atoms with van der Waals surface area (Å²) in [6, 6.07) is 15.7. The Morgan fingerprint density at radius 3 is 2.70 bits per heavy atom. The second-order valence-corrected chi connectivity index (χ2v) is 8.59. The fourth-order valence-corrected chi connectivity index (χ4v) is 4.84. The van der Waals surface area contributed by atoms with Gasteiger partial charge in [-0.25, -0.2) is 4.98 Å². The molecule has 150 valence electrons. The zero-order chi connectivity index (χ0) is 21.4. The van der Waals surface area contributed by atoms with Crippen molar-refractivity contribution >= 4 is 51.6 Å². The molecule has 0 aliphatic rings. The number of nitrogens with one attached hydrogen (secondary N) is 1. The molecule has 2 aromatic carbocycles. The minimum absolute atomic E-state index is 0.145. The standard InChI is InChI=1S/C23H19ClN4OS/c1-13-8-15(3)22(17(24)9-13)27-20(29)12-30-21-10-14(2)16(11-25)23-26-18-6-4-5-7-19(18)28(21)23/h4-10H,12H2,1-3H3,(H,27,29). The number of amides is 1. The van der Waals surface area contributed by atoms with Crippen LogP contribution in [0.1, 0.15) is 22.3 Å². The molecule has 0 atom stereocenters. The van der Waals surface area contributed by atoms with E-state index < -0.39 is 0 Å². The number of benzene rings is 2. The lowest BCUT2D eigenvalue weighted by Crippen LogP contribution is -2.15. The van der Waals surface area contributed by atoms with Crippen molar-refractivity contribution in [2.75, 3.05) is 11.1 Å². The first-order valence-electron chi connectivity index (χ1n) is 9.39. The molecule has 0 aliphatic heterocycles. The van der Waals surface area contributed by atoms with Crippen molar-refractivity contribution in [2.24, 2.45) is 0 Å². The molecule has 2 aromatic heterocycles. The highest BCUT2D eigenvalue weighted by atomic mass is 35.5. The highest BCUT2D eigenvalue weighted by Gasteiger charge is 2.17. The van der Waals surface area contributed by atoms with E-state index in [0.29, 0.717) is 21.9 Å². The molecule has 1 N–H and O–H groups in total. The second-order valence-electron chi connectivity index (χ2n) is 7.19. The molecule has 0 radical (unpaired) electrons. The quantitative estimate of drug-likeness (QED) is 0.420. The van der Waals surface area contributed by atoms with Crippen molar-refractivity contribution in [3.05, 3.63) is 69.7 Å². The van der Waals surface area contributed by atoms with Crippen LogP contribution in [0, 0.1) is 32.1 Å². The van der Waals surface area contributed by atoms with Crippen molar-refractivity contribution in [1.29, 1.82) is 5.26 Å². The molecule has 0 bridgehead atoms. The van der Waals surface area contributed by atoms with Crippen molar-refractivity contribution in [3.8, 4) is 6.07 Å². The van der Waals surface area contributed by atoms with E-state index in [-0.39, 0.29) is 11.7 Å². The number of hydrogen-bond donors (Lipinski definition) is 1. The molecule has 0 aliphatic carbocycles. The Morgan fingerprint density at radius 1 is 1.20 bits per heavy atom. The van der Waals surface area contributed by atoms with Gasteiger partial charge >= 0.3 is 0 Å². The average molecular weight is 435 g/mol. The number of anilines is 1. The van der Waals surface area contributed by atoms with Crippen molar-refractivity contribution < 1.29 is 4.79 Å². The van der Waals surface area contributed by atoms with Crippen LogP contribution in [0.5, 0.6) is 0 Å². The predicted molar refractivity (Wildman–Crippen MR) is 122 cm³/mol. The first-order valence-corrected chi connectivity index (χ1v) is 10.8. The van der Waals surface area contributed by atoms with Gasteiger partial charge in [0.1, 0.15) is 6.07 Å². The lowest BCUT2D eigenvalue weighted by molar-refractivity contribution is -0.113. The fraction of sp³-hybridized carbons (Fsp3) is 0.174. The third-order valence-corrected chi connectivity index (χ3v) is 6.20. The van der Waals surface area contributed by atoms with Gasteiger partial charge < -0.3 is 5.32 Å². The predicted octanol–water partition coefficient (Wildman–Crippen LogP) is 5.67. The van der Waals surface area contributed by atoms with E-state index in [1.54, 1.807) is 0 Å². The molecule has 0 fully saturated rings. The van der Waals surface area contributed by atoms with Gasteiger partial charge in [-0.2, -0.15) is 5.26 Å². The summed E-state index contributed by atoms with van der Waals surface area (Å²) in [4.78, 5) is 17.3. The molecule has 5 nitrogen and oxygen atoms in total. The average Bonchev–Trinajstić information content (AvgIpc) is 3.08. The van der Waals surface area contributed by atoms with Gasteiger partial charge in [0.05, 0.1) is 38.1 Å². The van der Waals surface area contributed by atoms with Crippen LogP contribution >= 0.6 is 23.4 Å². The summed E-state index contributed by atoms with van der Waals surface area (Å²) in [6.07, 6.45) is 0.